The van der Waals surface area contributed by atoms with Crippen molar-refractivity contribution in [2.45, 2.75) is 71.3 Å². The van der Waals surface area contributed by atoms with Gasteiger partial charge < -0.3 is 4.90 Å². The third-order valence-corrected chi connectivity index (χ3v) is 7.03. The van der Waals surface area contributed by atoms with Crippen LogP contribution in [0.3, 0.4) is 0 Å². The van der Waals surface area contributed by atoms with Crippen LogP contribution < -0.4 is 4.90 Å². The van der Waals surface area contributed by atoms with Gasteiger partial charge in [-0.25, -0.2) is 0 Å². The number of aryl methyl sites for hydroxylation is 3. The zero-order chi connectivity index (χ0) is 18.0. The molecule has 2 aliphatic rings. The fourth-order valence-electron chi connectivity index (χ4n) is 5.62. The van der Waals surface area contributed by atoms with Crippen LogP contribution in [0.15, 0.2) is 30.3 Å². The highest BCUT2D eigenvalue weighted by atomic mass is 35.5. The number of benzene rings is 2. The quantitative estimate of drug-likeness (QED) is 0.533. The van der Waals surface area contributed by atoms with E-state index in [1.54, 1.807) is 5.56 Å². The Morgan fingerprint density at radius 1 is 0.880 bits per heavy atom. The minimum absolute atomic E-state index is 0.100. The van der Waals surface area contributed by atoms with E-state index in [4.69, 9.17) is 11.6 Å². The predicted octanol–water partition coefficient (Wildman–Crippen LogP) is 7.01. The van der Waals surface area contributed by atoms with Crippen LogP contribution in [0.1, 0.15) is 61.8 Å². The van der Waals surface area contributed by atoms with Crippen molar-refractivity contribution >= 4 is 23.0 Å². The van der Waals surface area contributed by atoms with E-state index in [0.29, 0.717) is 0 Å². The van der Waals surface area contributed by atoms with E-state index < -0.39 is 0 Å². The van der Waals surface area contributed by atoms with Gasteiger partial charge in [0.1, 0.15) is 0 Å². The number of hydrogen-bond donors (Lipinski definition) is 0. The van der Waals surface area contributed by atoms with Crippen molar-refractivity contribution < 1.29 is 0 Å². The van der Waals surface area contributed by atoms with Crippen LogP contribution >= 0.6 is 11.6 Å². The Hall–Kier alpha value is -1.47. The third-order valence-electron chi connectivity index (χ3n) is 6.81. The number of halogens is 1. The van der Waals surface area contributed by atoms with Gasteiger partial charge in [0.05, 0.1) is 5.54 Å². The molecule has 1 aliphatic heterocycles. The van der Waals surface area contributed by atoms with Gasteiger partial charge in [-0.15, -0.1) is 0 Å². The second-order valence-electron chi connectivity index (χ2n) is 8.61. The van der Waals surface area contributed by atoms with Crippen LogP contribution in [-0.4, -0.2) is 5.54 Å². The average Bonchev–Trinajstić information content (AvgIpc) is 2.70. The monoisotopic (exact) mass is 353 g/mol. The molecule has 2 aromatic rings. The first-order valence-electron chi connectivity index (χ1n) is 9.45. The van der Waals surface area contributed by atoms with Crippen molar-refractivity contribution in [3.8, 4) is 0 Å². The van der Waals surface area contributed by atoms with Gasteiger partial charge in [-0.3, -0.25) is 0 Å². The number of nitrogens with zero attached hydrogens (tertiary/aromatic N) is 1. The minimum atomic E-state index is 0.100. The average molecular weight is 354 g/mol. The summed E-state index contributed by atoms with van der Waals surface area (Å²) in [6.45, 7) is 11.6. The Kier molecular flexibility index (Phi) is 3.74. The molecule has 1 fully saturated rings. The van der Waals surface area contributed by atoms with Gasteiger partial charge in [-0.05, 0) is 87.1 Å². The molecule has 132 valence electrons. The number of anilines is 2. The van der Waals surface area contributed by atoms with E-state index in [9.17, 15) is 0 Å². The number of hydrogen-bond acceptors (Lipinski definition) is 1. The molecule has 1 nitrogen and oxygen atoms in total. The fraction of sp³-hybridized carbons (Fsp3) is 0.478. The first-order valence-corrected chi connectivity index (χ1v) is 9.83. The second-order valence-corrected chi connectivity index (χ2v) is 9.05. The molecule has 1 aliphatic carbocycles. The molecule has 0 amide bonds. The molecule has 0 spiro atoms. The van der Waals surface area contributed by atoms with E-state index in [-0.39, 0.29) is 11.0 Å². The van der Waals surface area contributed by atoms with Crippen LogP contribution in [0.5, 0.6) is 0 Å². The van der Waals surface area contributed by atoms with Gasteiger partial charge in [0, 0.05) is 21.8 Å². The van der Waals surface area contributed by atoms with E-state index in [1.165, 1.54) is 53.7 Å². The Bertz CT molecular complexity index is 835. The maximum atomic E-state index is 6.45. The van der Waals surface area contributed by atoms with E-state index in [0.717, 1.165) is 5.02 Å². The topological polar surface area (TPSA) is 3.24 Å². The smallest absolute Gasteiger partial charge is 0.0518 e. The highest BCUT2D eigenvalue weighted by molar-refractivity contribution is 6.31. The maximum Gasteiger partial charge on any atom is 0.0518 e. The van der Waals surface area contributed by atoms with Crippen LogP contribution in [-0.2, 0) is 5.41 Å². The van der Waals surface area contributed by atoms with Crippen molar-refractivity contribution in [3.05, 3.63) is 57.6 Å². The molecule has 2 aromatic carbocycles. The summed E-state index contributed by atoms with van der Waals surface area (Å²) in [6, 6.07) is 11.2. The highest BCUT2D eigenvalue weighted by Gasteiger charge is 2.58. The molecule has 0 aromatic heterocycles. The summed E-state index contributed by atoms with van der Waals surface area (Å²) in [7, 11) is 0. The minimum Gasteiger partial charge on any atom is -0.334 e. The SMILES string of the molecule is Cc1cc(Cl)cc(N2c3cc(C)cc(C)c3C3(C)CCCCC23C)c1. The van der Waals surface area contributed by atoms with Gasteiger partial charge in [0.15, 0.2) is 0 Å². The lowest BCUT2D eigenvalue weighted by atomic mass is 9.61. The second kappa shape index (κ2) is 5.51. The number of fused-ring (bicyclic) bond motifs is 3. The van der Waals surface area contributed by atoms with Gasteiger partial charge in [0.2, 0.25) is 0 Å². The zero-order valence-corrected chi connectivity index (χ0v) is 16.8. The lowest BCUT2D eigenvalue weighted by molar-refractivity contribution is 0.194. The molecular weight excluding hydrogens is 326 g/mol. The maximum absolute atomic E-state index is 6.45. The Labute approximate surface area is 157 Å². The summed E-state index contributed by atoms with van der Waals surface area (Å²) in [4.78, 5) is 2.61. The zero-order valence-electron chi connectivity index (χ0n) is 16.0. The van der Waals surface area contributed by atoms with Gasteiger partial charge in [-0.2, -0.15) is 0 Å². The standard InChI is InChI=1S/C23H28ClN/c1-15-10-17(3)21-20(13-15)25(19-12-16(2)11-18(24)14-19)23(5)9-7-6-8-22(21,23)4/h10-14H,6-9H2,1-5H3. The normalized spacial score (nSPS) is 28.0. The van der Waals surface area contributed by atoms with E-state index in [1.807, 2.05) is 6.07 Å². The molecule has 0 saturated heterocycles. The van der Waals surface area contributed by atoms with Crippen LogP contribution in [0.2, 0.25) is 5.02 Å². The summed E-state index contributed by atoms with van der Waals surface area (Å²) < 4.78 is 0. The van der Waals surface area contributed by atoms with E-state index in [2.05, 4.69) is 63.8 Å². The van der Waals surface area contributed by atoms with E-state index >= 15 is 0 Å². The molecule has 0 N–H and O–H groups in total. The summed E-state index contributed by atoms with van der Waals surface area (Å²) >= 11 is 6.45. The molecule has 1 heterocycles. The van der Waals surface area contributed by atoms with Crippen molar-refractivity contribution in [2.75, 3.05) is 4.90 Å². The molecule has 25 heavy (non-hydrogen) atoms. The molecule has 2 heteroatoms. The van der Waals surface area contributed by atoms with Crippen LogP contribution in [0.25, 0.3) is 0 Å². The predicted molar refractivity (Wildman–Crippen MR) is 108 cm³/mol. The summed E-state index contributed by atoms with van der Waals surface area (Å²) in [5.41, 5.74) is 8.48. The summed E-state index contributed by atoms with van der Waals surface area (Å²) in [6.07, 6.45) is 5.11. The summed E-state index contributed by atoms with van der Waals surface area (Å²) in [5.74, 6) is 0. The van der Waals surface area contributed by atoms with Crippen molar-refractivity contribution in [1.29, 1.82) is 0 Å². The highest BCUT2D eigenvalue weighted by Crippen LogP contribution is 2.61. The Balaban J connectivity index is 2.04. The molecule has 2 atom stereocenters. The first-order chi connectivity index (χ1) is 11.8. The van der Waals surface area contributed by atoms with Crippen LogP contribution in [0, 0.1) is 20.8 Å². The van der Waals surface area contributed by atoms with Gasteiger partial charge in [0.25, 0.3) is 0 Å². The molecule has 4 rings (SSSR count). The molecular formula is C23H28ClN. The molecule has 0 bridgehead atoms. The van der Waals surface area contributed by atoms with Crippen LogP contribution in [0.4, 0.5) is 11.4 Å². The first kappa shape index (κ1) is 17.0. The molecule has 2 unspecified atom stereocenters. The summed E-state index contributed by atoms with van der Waals surface area (Å²) in [5, 5.41) is 0.828. The molecule has 1 saturated carbocycles. The Morgan fingerprint density at radius 2 is 1.56 bits per heavy atom. The van der Waals surface area contributed by atoms with Gasteiger partial charge in [-0.1, -0.05) is 37.4 Å². The van der Waals surface area contributed by atoms with Crippen molar-refractivity contribution in [3.63, 3.8) is 0 Å². The van der Waals surface area contributed by atoms with Crippen molar-refractivity contribution in [2.24, 2.45) is 0 Å². The third kappa shape index (κ3) is 2.28. The Morgan fingerprint density at radius 3 is 2.28 bits per heavy atom. The lowest BCUT2D eigenvalue weighted by Gasteiger charge is -2.50. The van der Waals surface area contributed by atoms with Crippen molar-refractivity contribution in [1.82, 2.24) is 0 Å². The largest absolute Gasteiger partial charge is 0.334 e. The van der Waals surface area contributed by atoms with Gasteiger partial charge >= 0.3 is 0 Å². The fourth-order valence-corrected chi connectivity index (χ4v) is 5.91. The molecule has 0 radical (unpaired) electrons. The number of rotatable bonds is 1. The lowest BCUT2D eigenvalue weighted by Crippen LogP contribution is -2.54.